The first-order valence-corrected chi connectivity index (χ1v) is 3.30. The molecule has 0 saturated heterocycles. The molecule has 8 heteroatoms. The van der Waals surface area contributed by atoms with Crippen molar-refractivity contribution in [3.05, 3.63) is 0 Å². The number of aliphatic hydroxyl groups is 2. The van der Waals surface area contributed by atoms with E-state index in [1.165, 1.54) is 0 Å². The minimum absolute atomic E-state index is 1.41. The fourth-order valence-electron chi connectivity index (χ4n) is 0.724. The molecule has 0 fully saturated rings. The number of hydrogen-bond acceptors (Lipinski definition) is 5. The minimum atomic E-state index is -3.22. The molecule has 2 atom stereocenters. The highest BCUT2D eigenvalue weighted by Gasteiger charge is 2.49. The van der Waals surface area contributed by atoms with E-state index in [9.17, 15) is 14.4 Å². The number of rotatable bonds is 5. The van der Waals surface area contributed by atoms with Gasteiger partial charge < -0.3 is 25.5 Å². The largest absolute Gasteiger partial charge is 0.481 e. The molecular weight excluding hydrogens is 200 g/mol. The van der Waals surface area contributed by atoms with Crippen molar-refractivity contribution >= 4 is 17.9 Å². The third-order valence-corrected chi connectivity index (χ3v) is 1.48. The fourth-order valence-corrected chi connectivity index (χ4v) is 0.724. The van der Waals surface area contributed by atoms with Crippen LogP contribution in [0.1, 0.15) is 6.42 Å². The van der Waals surface area contributed by atoms with Gasteiger partial charge in [-0.1, -0.05) is 0 Å². The van der Waals surface area contributed by atoms with Crippen LogP contribution in [0.5, 0.6) is 0 Å². The van der Waals surface area contributed by atoms with Crippen LogP contribution in [0.15, 0.2) is 0 Å². The second-order valence-electron chi connectivity index (χ2n) is 2.54. The third kappa shape index (κ3) is 2.41. The Balaban J connectivity index is 4.99. The average Bonchev–Trinajstić information content (AvgIpc) is 2.00. The molecule has 80 valence electrons. The standard InChI is InChI=1S/C6H8O8/c7-2(8)1-6(14,5(12)13)3(9)4(10)11/h3,9,14H,1H2,(H,7,8)(H,10,11)(H,12,13)/t3?,6-/m0/s1. The smallest absolute Gasteiger partial charge is 0.339 e. The highest BCUT2D eigenvalue weighted by molar-refractivity contribution is 5.90. The van der Waals surface area contributed by atoms with E-state index in [2.05, 4.69) is 0 Å². The zero-order chi connectivity index (χ0) is 11.5. The summed E-state index contributed by atoms with van der Waals surface area (Å²) in [6.45, 7) is 0. The van der Waals surface area contributed by atoms with Crippen LogP contribution in [0.3, 0.4) is 0 Å². The van der Waals surface area contributed by atoms with Crippen molar-refractivity contribution in [1.29, 1.82) is 0 Å². The highest BCUT2D eigenvalue weighted by atomic mass is 16.4. The summed E-state index contributed by atoms with van der Waals surface area (Å²) >= 11 is 0. The number of aliphatic hydroxyl groups excluding tert-OH is 1. The van der Waals surface area contributed by atoms with E-state index in [0.717, 1.165) is 0 Å². The molecule has 5 N–H and O–H groups in total. The van der Waals surface area contributed by atoms with E-state index in [1.807, 2.05) is 0 Å². The van der Waals surface area contributed by atoms with Crippen molar-refractivity contribution in [2.75, 3.05) is 0 Å². The summed E-state index contributed by atoms with van der Waals surface area (Å²) in [5.41, 5.74) is -3.22. The predicted molar refractivity (Wildman–Crippen MR) is 38.5 cm³/mol. The van der Waals surface area contributed by atoms with Crippen LogP contribution in [0.2, 0.25) is 0 Å². The molecule has 0 bridgehead atoms. The number of carboxylic acid groups (broad SMARTS) is 3. The molecule has 0 aromatic carbocycles. The van der Waals surface area contributed by atoms with E-state index in [1.54, 1.807) is 0 Å². The number of carbonyl (C=O) groups is 3. The minimum Gasteiger partial charge on any atom is -0.481 e. The molecule has 0 aromatic heterocycles. The molecule has 0 aliphatic heterocycles. The maximum Gasteiger partial charge on any atom is 0.339 e. The highest BCUT2D eigenvalue weighted by Crippen LogP contribution is 2.16. The van der Waals surface area contributed by atoms with Gasteiger partial charge in [-0.25, -0.2) is 9.59 Å². The zero-order valence-electron chi connectivity index (χ0n) is 6.75. The van der Waals surface area contributed by atoms with Gasteiger partial charge in [-0.15, -0.1) is 0 Å². The summed E-state index contributed by atoms with van der Waals surface area (Å²) < 4.78 is 0. The molecule has 0 radical (unpaired) electrons. The van der Waals surface area contributed by atoms with Gasteiger partial charge in [0, 0.05) is 0 Å². The van der Waals surface area contributed by atoms with Crippen molar-refractivity contribution in [2.45, 2.75) is 18.1 Å². The summed E-state index contributed by atoms with van der Waals surface area (Å²) in [6, 6.07) is 0. The lowest BCUT2D eigenvalue weighted by molar-refractivity contribution is -0.187. The monoisotopic (exact) mass is 208 g/mol. The van der Waals surface area contributed by atoms with Gasteiger partial charge in [0.25, 0.3) is 0 Å². The first kappa shape index (κ1) is 12.3. The number of carboxylic acids is 3. The van der Waals surface area contributed by atoms with Gasteiger partial charge in [0.15, 0.2) is 6.10 Å². The van der Waals surface area contributed by atoms with Gasteiger partial charge >= 0.3 is 17.9 Å². The lowest BCUT2D eigenvalue weighted by Crippen LogP contribution is -2.54. The SMILES string of the molecule is O=C(O)C[C@@](O)(C(=O)O)C(O)C(=O)O. The van der Waals surface area contributed by atoms with Crippen LogP contribution in [0.25, 0.3) is 0 Å². The van der Waals surface area contributed by atoms with E-state index >= 15 is 0 Å². The second-order valence-corrected chi connectivity index (χ2v) is 2.54. The Kier molecular flexibility index (Phi) is 3.55. The van der Waals surface area contributed by atoms with E-state index in [-0.39, 0.29) is 0 Å². The topological polar surface area (TPSA) is 152 Å². The normalized spacial score (nSPS) is 16.7. The fraction of sp³-hybridized carbons (Fsp3) is 0.500. The summed E-state index contributed by atoms with van der Waals surface area (Å²) in [6.07, 6.45) is -4.11. The molecule has 8 nitrogen and oxygen atoms in total. The van der Waals surface area contributed by atoms with Crippen molar-refractivity contribution in [3.8, 4) is 0 Å². The molecule has 0 heterocycles. The van der Waals surface area contributed by atoms with Gasteiger partial charge in [0.05, 0.1) is 6.42 Å². The number of aliphatic carboxylic acids is 3. The Bertz CT molecular complexity index is 271. The maximum absolute atomic E-state index is 10.4. The first-order valence-electron chi connectivity index (χ1n) is 3.30. The van der Waals surface area contributed by atoms with Crippen LogP contribution < -0.4 is 0 Å². The molecule has 0 aliphatic carbocycles. The van der Waals surface area contributed by atoms with Crippen molar-refractivity contribution in [3.63, 3.8) is 0 Å². The Morgan fingerprint density at radius 2 is 1.57 bits per heavy atom. The van der Waals surface area contributed by atoms with Gasteiger partial charge in [0.2, 0.25) is 5.60 Å². The molecule has 0 amide bonds. The summed E-state index contributed by atoms with van der Waals surface area (Å²) in [7, 11) is 0. The Morgan fingerprint density at radius 3 is 1.79 bits per heavy atom. The predicted octanol–water partition coefficient (Wildman–Crippen LogP) is -2.28. The second kappa shape index (κ2) is 4.03. The molecule has 1 unspecified atom stereocenters. The summed E-state index contributed by atoms with van der Waals surface area (Å²) in [5.74, 6) is -5.87. The molecule has 0 saturated carbocycles. The molecule has 0 aromatic rings. The van der Waals surface area contributed by atoms with Gasteiger partial charge in [-0.2, -0.15) is 0 Å². The van der Waals surface area contributed by atoms with Crippen LogP contribution in [-0.2, 0) is 14.4 Å². The molecule has 0 rings (SSSR count). The molecule has 0 spiro atoms. The maximum atomic E-state index is 10.4. The lowest BCUT2D eigenvalue weighted by Gasteiger charge is -2.23. The first-order chi connectivity index (χ1) is 6.21. The molecule has 0 aliphatic rings. The Hall–Kier alpha value is -1.67. The van der Waals surface area contributed by atoms with Gasteiger partial charge in [-0.3, -0.25) is 4.79 Å². The van der Waals surface area contributed by atoms with E-state index in [0.29, 0.717) is 0 Å². The summed E-state index contributed by atoms with van der Waals surface area (Å²) in [5, 5.41) is 42.6. The average molecular weight is 208 g/mol. The van der Waals surface area contributed by atoms with Crippen molar-refractivity contribution < 1.29 is 39.9 Å². The van der Waals surface area contributed by atoms with Gasteiger partial charge in [-0.05, 0) is 0 Å². The van der Waals surface area contributed by atoms with Crippen LogP contribution >= 0.6 is 0 Å². The van der Waals surface area contributed by atoms with Crippen LogP contribution in [0, 0.1) is 0 Å². The van der Waals surface area contributed by atoms with Crippen LogP contribution in [0.4, 0.5) is 0 Å². The van der Waals surface area contributed by atoms with Gasteiger partial charge in [0.1, 0.15) is 0 Å². The number of hydrogen-bond donors (Lipinski definition) is 5. The zero-order valence-corrected chi connectivity index (χ0v) is 6.75. The van der Waals surface area contributed by atoms with Crippen LogP contribution in [-0.4, -0.2) is 55.1 Å². The quantitative estimate of drug-likeness (QED) is 0.338. The van der Waals surface area contributed by atoms with Crippen molar-refractivity contribution in [2.24, 2.45) is 0 Å². The van der Waals surface area contributed by atoms with E-state index < -0.39 is 36.0 Å². The lowest BCUT2D eigenvalue weighted by atomic mass is 9.93. The third-order valence-electron chi connectivity index (χ3n) is 1.48. The Morgan fingerprint density at radius 1 is 1.14 bits per heavy atom. The molecule has 14 heavy (non-hydrogen) atoms. The Labute approximate surface area is 77.0 Å². The molecular formula is C6H8O8. The van der Waals surface area contributed by atoms with Crippen molar-refractivity contribution in [1.82, 2.24) is 0 Å². The van der Waals surface area contributed by atoms with E-state index in [4.69, 9.17) is 25.5 Å². The summed E-state index contributed by atoms with van der Waals surface area (Å²) in [4.78, 5) is 30.7.